The molecule has 0 aromatic heterocycles. The standard InChI is InChI=1S/C14H18NO2/c1-14(2,9-16)10-17-13-8-7-11-5-3-4-6-12(11)15-13/h3-6,13,15H,7-8,10H2,1-2H3. The fourth-order valence-electron chi connectivity index (χ4n) is 1.87. The van der Waals surface area contributed by atoms with E-state index in [2.05, 4.69) is 17.4 Å². The molecule has 0 saturated heterocycles. The summed E-state index contributed by atoms with van der Waals surface area (Å²) < 4.78 is 5.72. The van der Waals surface area contributed by atoms with E-state index in [1.54, 1.807) is 0 Å². The lowest BCUT2D eigenvalue weighted by Crippen LogP contribution is -2.32. The molecule has 1 aliphatic rings. The Morgan fingerprint density at radius 3 is 3.00 bits per heavy atom. The molecule has 1 aliphatic heterocycles. The molecule has 2 rings (SSSR count). The SMILES string of the molecule is CC(C)([C]=O)COC1CCc2ccccc2N1. The number of benzene rings is 1. The molecule has 1 atom stereocenters. The Balaban J connectivity index is 1.92. The summed E-state index contributed by atoms with van der Waals surface area (Å²) in [5.41, 5.74) is 1.93. The summed E-state index contributed by atoms with van der Waals surface area (Å²) in [5, 5.41) is 3.34. The molecule has 0 amide bonds. The van der Waals surface area contributed by atoms with Crippen LogP contribution in [0.15, 0.2) is 24.3 Å². The highest BCUT2D eigenvalue weighted by atomic mass is 16.5. The Morgan fingerprint density at radius 1 is 1.47 bits per heavy atom. The van der Waals surface area contributed by atoms with Gasteiger partial charge >= 0.3 is 0 Å². The van der Waals surface area contributed by atoms with Gasteiger partial charge in [0.25, 0.3) is 0 Å². The van der Waals surface area contributed by atoms with Crippen LogP contribution in [0.1, 0.15) is 25.8 Å². The highest BCUT2D eigenvalue weighted by molar-refractivity contribution is 5.59. The Bertz CT molecular complexity index is 401. The van der Waals surface area contributed by atoms with Crippen molar-refractivity contribution in [1.29, 1.82) is 0 Å². The number of rotatable bonds is 4. The molecule has 1 unspecified atom stereocenters. The average molecular weight is 232 g/mol. The van der Waals surface area contributed by atoms with E-state index < -0.39 is 5.41 Å². The molecule has 1 N–H and O–H groups in total. The molecule has 0 spiro atoms. The van der Waals surface area contributed by atoms with Gasteiger partial charge in [0.1, 0.15) is 6.23 Å². The summed E-state index contributed by atoms with van der Waals surface area (Å²) in [6, 6.07) is 8.24. The maximum absolute atomic E-state index is 10.7. The molecule has 0 saturated carbocycles. The second kappa shape index (κ2) is 4.88. The number of hydrogen-bond acceptors (Lipinski definition) is 3. The molecule has 3 nitrogen and oxygen atoms in total. The zero-order chi connectivity index (χ0) is 12.3. The monoisotopic (exact) mass is 232 g/mol. The van der Waals surface area contributed by atoms with Gasteiger partial charge in [-0.1, -0.05) is 32.0 Å². The van der Waals surface area contributed by atoms with Gasteiger partial charge in [-0.25, -0.2) is 0 Å². The number of para-hydroxylation sites is 1. The largest absolute Gasteiger partial charge is 0.360 e. The first-order valence-corrected chi connectivity index (χ1v) is 5.96. The third-order valence-electron chi connectivity index (χ3n) is 2.93. The van der Waals surface area contributed by atoms with Crippen LogP contribution >= 0.6 is 0 Å². The van der Waals surface area contributed by atoms with Crippen LogP contribution in [0.5, 0.6) is 0 Å². The van der Waals surface area contributed by atoms with E-state index >= 15 is 0 Å². The normalized spacial score (nSPS) is 19.3. The van der Waals surface area contributed by atoms with Gasteiger partial charge in [-0.05, 0) is 24.5 Å². The van der Waals surface area contributed by atoms with Gasteiger partial charge in [-0.2, -0.15) is 0 Å². The first-order chi connectivity index (χ1) is 8.11. The van der Waals surface area contributed by atoms with Crippen LogP contribution in [0, 0.1) is 5.41 Å². The van der Waals surface area contributed by atoms with Crippen LogP contribution in [0.25, 0.3) is 0 Å². The van der Waals surface area contributed by atoms with Crippen LogP contribution in [0.4, 0.5) is 5.69 Å². The summed E-state index contributed by atoms with van der Waals surface area (Å²) in [6.07, 6.45) is 3.94. The summed E-state index contributed by atoms with van der Waals surface area (Å²) in [4.78, 5) is 10.7. The minimum Gasteiger partial charge on any atom is -0.360 e. The number of nitrogens with one attached hydrogen (secondary N) is 1. The number of hydrogen-bond donors (Lipinski definition) is 1. The van der Waals surface area contributed by atoms with Crippen molar-refractivity contribution in [2.75, 3.05) is 11.9 Å². The van der Waals surface area contributed by atoms with E-state index in [4.69, 9.17) is 4.74 Å². The topological polar surface area (TPSA) is 38.3 Å². The Kier molecular flexibility index (Phi) is 3.48. The zero-order valence-corrected chi connectivity index (χ0v) is 10.3. The van der Waals surface area contributed by atoms with E-state index in [0.717, 1.165) is 18.5 Å². The Morgan fingerprint density at radius 2 is 2.24 bits per heavy atom. The lowest BCUT2D eigenvalue weighted by Gasteiger charge is -2.29. The molecule has 0 bridgehead atoms. The van der Waals surface area contributed by atoms with Crippen molar-refractivity contribution in [3.63, 3.8) is 0 Å². The second-order valence-electron chi connectivity index (χ2n) is 5.13. The second-order valence-corrected chi connectivity index (χ2v) is 5.13. The van der Waals surface area contributed by atoms with Crippen LogP contribution < -0.4 is 5.32 Å². The Labute approximate surface area is 102 Å². The van der Waals surface area contributed by atoms with E-state index in [-0.39, 0.29) is 6.23 Å². The zero-order valence-electron chi connectivity index (χ0n) is 10.3. The summed E-state index contributed by atoms with van der Waals surface area (Å²) in [6.45, 7) is 4.06. The van der Waals surface area contributed by atoms with Gasteiger partial charge in [-0.15, -0.1) is 0 Å². The third-order valence-corrected chi connectivity index (χ3v) is 2.93. The van der Waals surface area contributed by atoms with Gasteiger partial charge in [-0.3, -0.25) is 4.79 Å². The van der Waals surface area contributed by atoms with Crippen molar-refractivity contribution in [3.05, 3.63) is 29.8 Å². The van der Waals surface area contributed by atoms with Crippen molar-refractivity contribution >= 4 is 12.0 Å². The quantitative estimate of drug-likeness (QED) is 0.867. The van der Waals surface area contributed by atoms with Gasteiger partial charge in [0.05, 0.1) is 12.0 Å². The maximum atomic E-state index is 10.7. The molecule has 1 radical (unpaired) electrons. The van der Waals surface area contributed by atoms with Gasteiger partial charge in [0, 0.05) is 5.69 Å². The van der Waals surface area contributed by atoms with Crippen LogP contribution in [0.2, 0.25) is 0 Å². The minimum atomic E-state index is -0.529. The number of fused-ring (bicyclic) bond motifs is 1. The average Bonchev–Trinajstić information content (AvgIpc) is 2.36. The van der Waals surface area contributed by atoms with Crippen molar-refractivity contribution in [2.24, 2.45) is 5.41 Å². The van der Waals surface area contributed by atoms with Crippen LogP contribution in [-0.2, 0) is 16.0 Å². The van der Waals surface area contributed by atoms with Crippen molar-refractivity contribution < 1.29 is 9.53 Å². The number of anilines is 1. The smallest absolute Gasteiger partial charge is 0.206 e. The fourth-order valence-corrected chi connectivity index (χ4v) is 1.87. The molecule has 0 fully saturated rings. The predicted molar refractivity (Wildman–Crippen MR) is 67.6 cm³/mol. The van der Waals surface area contributed by atoms with E-state index in [0.29, 0.717) is 6.61 Å². The summed E-state index contributed by atoms with van der Waals surface area (Å²) in [5.74, 6) is 0. The van der Waals surface area contributed by atoms with Crippen molar-refractivity contribution in [3.8, 4) is 0 Å². The summed E-state index contributed by atoms with van der Waals surface area (Å²) >= 11 is 0. The van der Waals surface area contributed by atoms with Crippen LogP contribution in [-0.4, -0.2) is 19.1 Å². The van der Waals surface area contributed by atoms with Gasteiger partial charge < -0.3 is 10.1 Å². The van der Waals surface area contributed by atoms with Crippen molar-refractivity contribution in [1.82, 2.24) is 0 Å². The van der Waals surface area contributed by atoms with E-state index in [1.807, 2.05) is 32.3 Å². The number of carbonyl (C=O) groups excluding carboxylic acids is 1. The van der Waals surface area contributed by atoms with Crippen molar-refractivity contribution in [2.45, 2.75) is 32.9 Å². The Hall–Kier alpha value is -1.35. The molecular formula is C14H18NO2. The molecule has 1 aromatic rings. The highest BCUT2D eigenvalue weighted by Gasteiger charge is 2.23. The minimum absolute atomic E-state index is 0.00229. The molecule has 0 aliphatic carbocycles. The van der Waals surface area contributed by atoms with Gasteiger partial charge in [0.2, 0.25) is 6.29 Å². The molecular weight excluding hydrogens is 214 g/mol. The molecule has 91 valence electrons. The van der Waals surface area contributed by atoms with Gasteiger partial charge in [0.15, 0.2) is 0 Å². The molecule has 1 aromatic carbocycles. The first kappa shape index (κ1) is 12.1. The highest BCUT2D eigenvalue weighted by Crippen LogP contribution is 2.25. The summed E-state index contributed by atoms with van der Waals surface area (Å²) in [7, 11) is 0. The molecule has 3 heteroatoms. The number of aryl methyl sites for hydroxylation is 1. The predicted octanol–water partition coefficient (Wildman–Crippen LogP) is 2.52. The fraction of sp³-hybridized carbons (Fsp3) is 0.500. The first-order valence-electron chi connectivity index (χ1n) is 5.96. The molecule has 17 heavy (non-hydrogen) atoms. The van der Waals surface area contributed by atoms with E-state index in [1.165, 1.54) is 5.56 Å². The third kappa shape index (κ3) is 3.07. The number of ether oxygens (including phenoxy) is 1. The maximum Gasteiger partial charge on any atom is 0.206 e. The van der Waals surface area contributed by atoms with Crippen LogP contribution in [0.3, 0.4) is 0 Å². The lowest BCUT2D eigenvalue weighted by molar-refractivity contribution is 0.0317. The van der Waals surface area contributed by atoms with E-state index in [9.17, 15) is 4.79 Å². The lowest BCUT2D eigenvalue weighted by atomic mass is 9.97. The molecule has 1 heterocycles.